The molecule has 0 N–H and O–H groups in total. The van der Waals surface area contributed by atoms with Crippen LogP contribution in [0.2, 0.25) is 5.02 Å². The molecule has 4 rings (SSSR count). The Balaban J connectivity index is 1.29. The molecule has 1 aromatic carbocycles. The first-order chi connectivity index (χ1) is 13.6. The lowest BCUT2D eigenvalue weighted by molar-refractivity contribution is -0.137. The first-order valence-corrected chi connectivity index (χ1v) is 10.9. The minimum Gasteiger partial charge on any atom is -0.340 e. The number of halogens is 1. The molecule has 0 spiro atoms. The Kier molecular flexibility index (Phi) is 5.99. The van der Waals surface area contributed by atoms with Gasteiger partial charge in [-0.05, 0) is 23.1 Å². The van der Waals surface area contributed by atoms with Gasteiger partial charge < -0.3 is 9.80 Å². The third kappa shape index (κ3) is 4.40. The molecule has 5 nitrogen and oxygen atoms in total. The van der Waals surface area contributed by atoms with Crippen LogP contribution in [0, 0.1) is 5.92 Å². The highest BCUT2D eigenvalue weighted by Gasteiger charge is 2.37. The van der Waals surface area contributed by atoms with E-state index in [0.29, 0.717) is 24.5 Å². The molecule has 2 aliphatic heterocycles. The van der Waals surface area contributed by atoms with Gasteiger partial charge >= 0.3 is 0 Å². The number of benzene rings is 1. The topological polar surface area (TPSA) is 43.9 Å². The van der Waals surface area contributed by atoms with Crippen LogP contribution in [0.25, 0.3) is 0 Å². The maximum atomic E-state index is 12.9. The first-order valence-electron chi connectivity index (χ1n) is 9.65. The van der Waals surface area contributed by atoms with Crippen LogP contribution in [-0.4, -0.2) is 59.2 Å². The number of thiophene rings is 1. The molecule has 3 heterocycles. The van der Waals surface area contributed by atoms with E-state index < -0.39 is 0 Å². The predicted molar refractivity (Wildman–Crippen MR) is 111 cm³/mol. The summed E-state index contributed by atoms with van der Waals surface area (Å²) < 4.78 is 0. The number of hydrogen-bond acceptors (Lipinski definition) is 4. The molecule has 0 saturated carbocycles. The third-order valence-electron chi connectivity index (χ3n) is 5.53. The summed E-state index contributed by atoms with van der Waals surface area (Å²) in [4.78, 5) is 32.8. The average molecular weight is 418 g/mol. The second-order valence-corrected chi connectivity index (χ2v) is 8.89. The molecular weight excluding hydrogens is 394 g/mol. The van der Waals surface area contributed by atoms with E-state index in [2.05, 4.69) is 22.4 Å². The van der Waals surface area contributed by atoms with Gasteiger partial charge in [0.05, 0.1) is 5.92 Å². The summed E-state index contributed by atoms with van der Waals surface area (Å²) in [5.41, 5.74) is 0.924. The van der Waals surface area contributed by atoms with Gasteiger partial charge in [0.15, 0.2) is 0 Å². The Bertz CT molecular complexity index is 834. The van der Waals surface area contributed by atoms with Gasteiger partial charge in [-0.1, -0.05) is 35.9 Å². The van der Waals surface area contributed by atoms with Gasteiger partial charge in [-0.2, -0.15) is 0 Å². The van der Waals surface area contributed by atoms with E-state index in [0.717, 1.165) is 38.3 Å². The van der Waals surface area contributed by atoms with Crippen molar-refractivity contribution in [2.75, 3.05) is 32.7 Å². The van der Waals surface area contributed by atoms with Crippen LogP contribution in [-0.2, 0) is 22.7 Å². The molecule has 1 aromatic heterocycles. The molecule has 0 radical (unpaired) electrons. The fourth-order valence-corrected chi connectivity index (χ4v) is 4.87. The fourth-order valence-electron chi connectivity index (χ4n) is 3.93. The average Bonchev–Trinajstić information content (AvgIpc) is 3.34. The van der Waals surface area contributed by atoms with Gasteiger partial charge in [0, 0.05) is 62.1 Å². The van der Waals surface area contributed by atoms with Crippen LogP contribution in [0.1, 0.15) is 16.9 Å². The third-order valence-corrected chi connectivity index (χ3v) is 6.76. The van der Waals surface area contributed by atoms with Gasteiger partial charge in [0.25, 0.3) is 0 Å². The molecule has 2 aliphatic rings. The van der Waals surface area contributed by atoms with Crippen LogP contribution >= 0.6 is 22.9 Å². The molecule has 28 heavy (non-hydrogen) atoms. The Morgan fingerprint density at radius 2 is 1.86 bits per heavy atom. The van der Waals surface area contributed by atoms with Crippen LogP contribution in [0.15, 0.2) is 41.8 Å². The zero-order chi connectivity index (χ0) is 19.5. The molecule has 1 atom stereocenters. The highest BCUT2D eigenvalue weighted by molar-refractivity contribution is 7.09. The van der Waals surface area contributed by atoms with Crippen LogP contribution in [0.4, 0.5) is 0 Å². The molecule has 2 saturated heterocycles. The van der Waals surface area contributed by atoms with Crippen LogP contribution in [0.3, 0.4) is 0 Å². The molecule has 0 unspecified atom stereocenters. The second-order valence-electron chi connectivity index (χ2n) is 7.45. The van der Waals surface area contributed by atoms with Crippen molar-refractivity contribution in [2.24, 2.45) is 5.92 Å². The van der Waals surface area contributed by atoms with Crippen LogP contribution in [0.5, 0.6) is 0 Å². The van der Waals surface area contributed by atoms with E-state index in [1.54, 1.807) is 16.2 Å². The highest BCUT2D eigenvalue weighted by atomic mass is 35.5. The Morgan fingerprint density at radius 1 is 1.07 bits per heavy atom. The van der Waals surface area contributed by atoms with Gasteiger partial charge in [0.1, 0.15) is 0 Å². The van der Waals surface area contributed by atoms with Crippen LogP contribution < -0.4 is 0 Å². The van der Waals surface area contributed by atoms with Crippen molar-refractivity contribution in [1.29, 1.82) is 0 Å². The SMILES string of the molecule is O=C1C[C@@H](C(=O)N2CCN(Cc3cccs3)CC2)CN1Cc1ccccc1Cl. The summed E-state index contributed by atoms with van der Waals surface area (Å²) in [6, 6.07) is 11.8. The summed E-state index contributed by atoms with van der Waals surface area (Å²) in [7, 11) is 0. The quantitative estimate of drug-likeness (QED) is 0.750. The minimum atomic E-state index is -0.237. The number of piperazine rings is 1. The second kappa shape index (κ2) is 8.64. The van der Waals surface area contributed by atoms with Crippen molar-refractivity contribution in [3.05, 3.63) is 57.2 Å². The molecule has 0 bridgehead atoms. The van der Waals surface area contributed by atoms with Gasteiger partial charge in [0.2, 0.25) is 11.8 Å². The minimum absolute atomic E-state index is 0.0367. The summed E-state index contributed by atoms with van der Waals surface area (Å²) in [6.07, 6.45) is 0.304. The molecule has 148 valence electrons. The van der Waals surface area contributed by atoms with E-state index in [-0.39, 0.29) is 17.7 Å². The summed E-state index contributed by atoms with van der Waals surface area (Å²) in [6.45, 7) is 5.14. The van der Waals surface area contributed by atoms with E-state index in [1.807, 2.05) is 29.2 Å². The lowest BCUT2D eigenvalue weighted by Crippen LogP contribution is -2.50. The Morgan fingerprint density at radius 3 is 2.57 bits per heavy atom. The number of carbonyl (C=O) groups is 2. The Labute approximate surface area is 174 Å². The number of nitrogens with zero attached hydrogens (tertiary/aromatic N) is 3. The zero-order valence-electron chi connectivity index (χ0n) is 15.7. The predicted octanol–water partition coefficient (Wildman–Crippen LogP) is 3.09. The fraction of sp³-hybridized carbons (Fsp3) is 0.429. The van der Waals surface area contributed by atoms with Gasteiger partial charge in [-0.25, -0.2) is 0 Å². The molecule has 7 heteroatoms. The number of likely N-dealkylation sites (tertiary alicyclic amines) is 1. The maximum absolute atomic E-state index is 12.9. The molecule has 0 aliphatic carbocycles. The van der Waals surface area contributed by atoms with Crippen molar-refractivity contribution in [3.8, 4) is 0 Å². The normalized spacial score (nSPS) is 20.8. The maximum Gasteiger partial charge on any atom is 0.228 e. The largest absolute Gasteiger partial charge is 0.340 e. The number of hydrogen-bond donors (Lipinski definition) is 0. The highest BCUT2D eigenvalue weighted by Crippen LogP contribution is 2.25. The summed E-state index contributed by atoms with van der Waals surface area (Å²) >= 11 is 7.99. The summed E-state index contributed by atoms with van der Waals surface area (Å²) in [5, 5.41) is 2.76. The van der Waals surface area contributed by atoms with E-state index in [9.17, 15) is 9.59 Å². The van der Waals surface area contributed by atoms with Crippen molar-refractivity contribution >= 4 is 34.8 Å². The monoisotopic (exact) mass is 417 g/mol. The first kappa shape index (κ1) is 19.4. The molecule has 2 amide bonds. The molecular formula is C21H24ClN3O2S. The van der Waals surface area contributed by atoms with E-state index in [4.69, 9.17) is 11.6 Å². The van der Waals surface area contributed by atoms with Gasteiger partial charge in [-0.15, -0.1) is 11.3 Å². The van der Waals surface area contributed by atoms with E-state index >= 15 is 0 Å². The Hall–Kier alpha value is -1.89. The van der Waals surface area contributed by atoms with Crippen molar-refractivity contribution in [3.63, 3.8) is 0 Å². The molecule has 2 fully saturated rings. The van der Waals surface area contributed by atoms with Crippen molar-refractivity contribution in [1.82, 2.24) is 14.7 Å². The summed E-state index contributed by atoms with van der Waals surface area (Å²) in [5.74, 6) is -0.0841. The van der Waals surface area contributed by atoms with Crippen molar-refractivity contribution < 1.29 is 9.59 Å². The van der Waals surface area contributed by atoms with E-state index in [1.165, 1.54) is 4.88 Å². The lowest BCUT2D eigenvalue weighted by Gasteiger charge is -2.35. The zero-order valence-corrected chi connectivity index (χ0v) is 17.3. The number of amides is 2. The number of carbonyl (C=O) groups excluding carboxylic acids is 2. The molecule has 2 aromatic rings. The number of rotatable bonds is 5. The van der Waals surface area contributed by atoms with Gasteiger partial charge in [-0.3, -0.25) is 14.5 Å². The standard InChI is InChI=1S/C21H24ClN3O2S/c22-19-6-2-1-4-16(19)13-25-14-17(12-20(25)26)21(27)24-9-7-23(8-10-24)15-18-5-3-11-28-18/h1-6,11,17H,7-10,12-15H2/t17-/m1/s1. The van der Waals surface area contributed by atoms with Crippen molar-refractivity contribution in [2.45, 2.75) is 19.5 Å². The lowest BCUT2D eigenvalue weighted by atomic mass is 10.1. The smallest absolute Gasteiger partial charge is 0.228 e.